The highest BCUT2D eigenvalue weighted by Crippen LogP contribution is 2.33. The molecule has 1 aliphatic carbocycles. The minimum Gasteiger partial charge on any atom is -0.394 e. The van der Waals surface area contributed by atoms with Crippen LogP contribution in [-0.4, -0.2) is 27.0 Å². The summed E-state index contributed by atoms with van der Waals surface area (Å²) >= 11 is 0. The average molecular weight is 280 g/mol. The summed E-state index contributed by atoms with van der Waals surface area (Å²) in [4.78, 5) is 0. The number of anilines is 2. The summed E-state index contributed by atoms with van der Waals surface area (Å²) in [6.07, 6.45) is 3.90. The number of nitrogens with zero attached hydrogens (tertiary/aromatic N) is 2. The molecule has 1 heterocycles. The van der Waals surface area contributed by atoms with Gasteiger partial charge in [0.2, 0.25) is 0 Å². The van der Waals surface area contributed by atoms with Crippen LogP contribution < -0.4 is 11.1 Å². The molecule has 1 aromatic rings. The van der Waals surface area contributed by atoms with Crippen LogP contribution in [-0.2, 0) is 7.05 Å². The van der Waals surface area contributed by atoms with E-state index >= 15 is 0 Å². The number of aryl methyl sites for hydroxylation is 1. The van der Waals surface area contributed by atoms with E-state index < -0.39 is 5.60 Å². The van der Waals surface area contributed by atoms with Gasteiger partial charge in [-0.2, -0.15) is 5.10 Å². The Hall–Kier alpha value is -1.23. The smallest absolute Gasteiger partial charge is 0.147 e. The fourth-order valence-corrected chi connectivity index (χ4v) is 2.92. The van der Waals surface area contributed by atoms with Gasteiger partial charge in [-0.3, -0.25) is 4.68 Å². The molecular formula is C15H28N4O. The molecule has 0 unspecified atom stereocenters. The van der Waals surface area contributed by atoms with Gasteiger partial charge >= 0.3 is 0 Å². The first-order valence-corrected chi connectivity index (χ1v) is 7.61. The van der Waals surface area contributed by atoms with Gasteiger partial charge in [-0.15, -0.1) is 0 Å². The third kappa shape index (κ3) is 3.08. The molecule has 1 aromatic heterocycles. The second-order valence-electron chi connectivity index (χ2n) is 6.69. The van der Waals surface area contributed by atoms with Crippen molar-refractivity contribution in [2.45, 2.75) is 58.0 Å². The van der Waals surface area contributed by atoms with Crippen LogP contribution in [0, 0.1) is 5.92 Å². The summed E-state index contributed by atoms with van der Waals surface area (Å²) in [6, 6.07) is 0. The van der Waals surface area contributed by atoms with Gasteiger partial charge in [-0.1, -0.05) is 20.8 Å². The van der Waals surface area contributed by atoms with E-state index in [1.54, 1.807) is 4.68 Å². The zero-order chi connectivity index (χ0) is 14.9. The molecule has 0 atom stereocenters. The predicted octanol–water partition coefficient (Wildman–Crippen LogP) is 2.48. The molecule has 20 heavy (non-hydrogen) atoms. The molecule has 0 radical (unpaired) electrons. The molecule has 1 fully saturated rings. The molecule has 5 nitrogen and oxygen atoms in total. The number of aliphatic hydroxyl groups is 1. The van der Waals surface area contributed by atoms with E-state index in [0.29, 0.717) is 18.2 Å². The van der Waals surface area contributed by atoms with Gasteiger partial charge in [0.05, 0.1) is 17.0 Å². The Bertz CT molecular complexity index is 459. The Morgan fingerprint density at radius 2 is 2.05 bits per heavy atom. The maximum atomic E-state index is 10.6. The minimum atomic E-state index is -0.610. The van der Waals surface area contributed by atoms with Gasteiger partial charge in [0.15, 0.2) is 0 Å². The van der Waals surface area contributed by atoms with E-state index in [1.165, 1.54) is 0 Å². The molecule has 2 rings (SSSR count). The van der Waals surface area contributed by atoms with Crippen molar-refractivity contribution in [1.82, 2.24) is 9.78 Å². The lowest BCUT2D eigenvalue weighted by molar-refractivity contribution is 0.00491. The molecule has 114 valence electrons. The lowest BCUT2D eigenvalue weighted by Gasteiger charge is -2.35. The highest BCUT2D eigenvalue weighted by molar-refractivity contribution is 5.65. The highest BCUT2D eigenvalue weighted by Gasteiger charge is 2.32. The molecule has 0 aliphatic heterocycles. The molecule has 5 heteroatoms. The monoisotopic (exact) mass is 280 g/mol. The summed E-state index contributed by atoms with van der Waals surface area (Å²) in [5, 5.41) is 18.4. The molecule has 0 amide bonds. The zero-order valence-electron chi connectivity index (χ0n) is 13.1. The second kappa shape index (κ2) is 5.64. The number of nitrogens with two attached hydrogens (primary N) is 1. The van der Waals surface area contributed by atoms with Gasteiger partial charge < -0.3 is 16.2 Å². The molecular weight excluding hydrogens is 252 g/mol. The van der Waals surface area contributed by atoms with Crippen molar-refractivity contribution in [3.8, 4) is 0 Å². The Kier molecular flexibility index (Phi) is 4.28. The van der Waals surface area contributed by atoms with E-state index in [-0.39, 0.29) is 0 Å². The van der Waals surface area contributed by atoms with Crippen molar-refractivity contribution in [2.75, 3.05) is 17.6 Å². The molecule has 1 aliphatic rings. The van der Waals surface area contributed by atoms with Crippen LogP contribution in [0.5, 0.6) is 0 Å². The van der Waals surface area contributed by atoms with Crippen molar-refractivity contribution in [2.24, 2.45) is 13.0 Å². The Balaban J connectivity index is 2.04. The van der Waals surface area contributed by atoms with Gasteiger partial charge in [0.1, 0.15) is 5.82 Å². The lowest BCUT2D eigenvalue weighted by Crippen LogP contribution is -2.40. The van der Waals surface area contributed by atoms with Crippen LogP contribution in [0.3, 0.4) is 0 Å². The third-order valence-corrected chi connectivity index (χ3v) is 4.45. The highest BCUT2D eigenvalue weighted by atomic mass is 16.3. The van der Waals surface area contributed by atoms with Crippen LogP contribution in [0.2, 0.25) is 0 Å². The normalized spacial score (nSPS) is 27.0. The van der Waals surface area contributed by atoms with Crippen molar-refractivity contribution >= 4 is 11.5 Å². The number of hydrogen-bond donors (Lipinski definition) is 3. The third-order valence-electron chi connectivity index (χ3n) is 4.45. The molecule has 1 saturated carbocycles. The summed E-state index contributed by atoms with van der Waals surface area (Å²) in [6.45, 7) is 6.96. The summed E-state index contributed by atoms with van der Waals surface area (Å²) in [5.74, 6) is 1.85. The van der Waals surface area contributed by atoms with Crippen LogP contribution in [0.4, 0.5) is 11.5 Å². The summed E-state index contributed by atoms with van der Waals surface area (Å²) in [5.41, 5.74) is 7.17. The largest absolute Gasteiger partial charge is 0.394 e. The first-order chi connectivity index (χ1) is 9.32. The fourth-order valence-electron chi connectivity index (χ4n) is 2.92. The van der Waals surface area contributed by atoms with E-state index in [9.17, 15) is 5.11 Å². The maximum absolute atomic E-state index is 10.6. The Morgan fingerprint density at radius 1 is 1.45 bits per heavy atom. The van der Waals surface area contributed by atoms with E-state index in [2.05, 4.69) is 31.2 Å². The first-order valence-electron chi connectivity index (χ1n) is 7.61. The van der Waals surface area contributed by atoms with E-state index in [0.717, 1.165) is 43.1 Å². The summed E-state index contributed by atoms with van der Waals surface area (Å²) in [7, 11) is 1.89. The molecule has 4 N–H and O–H groups in total. The molecule has 0 aromatic carbocycles. The molecule has 0 bridgehead atoms. The first kappa shape index (κ1) is 15.2. The SMILES string of the molecule is CC1CCC(O)(CNc2c(N)c(C(C)C)nn2C)CC1. The number of hydrogen-bond acceptors (Lipinski definition) is 4. The van der Waals surface area contributed by atoms with Gasteiger partial charge in [-0.25, -0.2) is 0 Å². The van der Waals surface area contributed by atoms with E-state index in [4.69, 9.17) is 5.73 Å². The standard InChI is InChI=1S/C15H28N4O/c1-10(2)13-12(16)14(19(4)18-13)17-9-15(20)7-5-11(3)6-8-15/h10-11,17,20H,5-9,16H2,1-4H3. The Labute approximate surface area is 121 Å². The van der Waals surface area contributed by atoms with Gasteiger partial charge in [-0.05, 0) is 37.5 Å². The van der Waals surface area contributed by atoms with Crippen LogP contribution in [0.15, 0.2) is 0 Å². The fraction of sp³-hybridized carbons (Fsp3) is 0.800. The van der Waals surface area contributed by atoms with E-state index in [1.807, 2.05) is 7.05 Å². The van der Waals surface area contributed by atoms with Crippen molar-refractivity contribution in [3.05, 3.63) is 5.69 Å². The van der Waals surface area contributed by atoms with Crippen LogP contribution in [0.25, 0.3) is 0 Å². The number of rotatable bonds is 4. The van der Waals surface area contributed by atoms with Crippen LogP contribution in [0.1, 0.15) is 58.1 Å². The quantitative estimate of drug-likeness (QED) is 0.792. The second-order valence-corrected chi connectivity index (χ2v) is 6.69. The van der Waals surface area contributed by atoms with Crippen molar-refractivity contribution < 1.29 is 5.11 Å². The maximum Gasteiger partial charge on any atom is 0.147 e. The molecule has 0 spiro atoms. The number of nitrogens with one attached hydrogen (secondary N) is 1. The lowest BCUT2D eigenvalue weighted by atomic mass is 9.79. The van der Waals surface area contributed by atoms with Crippen molar-refractivity contribution in [1.29, 1.82) is 0 Å². The molecule has 0 saturated heterocycles. The predicted molar refractivity (Wildman–Crippen MR) is 82.8 cm³/mol. The number of nitrogen functional groups attached to an aromatic ring is 1. The zero-order valence-corrected chi connectivity index (χ0v) is 13.1. The van der Waals surface area contributed by atoms with Gasteiger partial charge in [0, 0.05) is 13.6 Å². The minimum absolute atomic E-state index is 0.301. The van der Waals surface area contributed by atoms with Crippen LogP contribution >= 0.6 is 0 Å². The van der Waals surface area contributed by atoms with Gasteiger partial charge in [0.25, 0.3) is 0 Å². The Morgan fingerprint density at radius 3 is 2.55 bits per heavy atom. The summed E-state index contributed by atoms with van der Waals surface area (Å²) < 4.78 is 1.78. The number of aromatic nitrogens is 2. The average Bonchev–Trinajstić information content (AvgIpc) is 2.67. The van der Waals surface area contributed by atoms with Crippen molar-refractivity contribution in [3.63, 3.8) is 0 Å². The topological polar surface area (TPSA) is 76.1 Å².